The van der Waals surface area contributed by atoms with Crippen LogP contribution in [0, 0.1) is 13.8 Å². The molecule has 7 heteroatoms. The first-order valence-electron chi connectivity index (χ1n) is 6.84. The van der Waals surface area contributed by atoms with Crippen molar-refractivity contribution in [3.05, 3.63) is 51.2 Å². The molecule has 0 amide bonds. The lowest BCUT2D eigenvalue weighted by atomic mass is 10.0. The Kier molecular flexibility index (Phi) is 3.68. The van der Waals surface area contributed by atoms with Gasteiger partial charge in [0.05, 0.1) is 11.4 Å². The minimum Gasteiger partial charge on any atom is -0.478 e. The van der Waals surface area contributed by atoms with Crippen molar-refractivity contribution in [3.8, 4) is 0 Å². The fourth-order valence-corrected chi connectivity index (χ4v) is 3.36. The quantitative estimate of drug-likeness (QED) is 0.759. The number of aromatic carboxylic acids is 1. The van der Waals surface area contributed by atoms with Gasteiger partial charge < -0.3 is 9.52 Å². The lowest BCUT2D eigenvalue weighted by Gasteiger charge is -2.15. The number of hydrogen-bond acceptors (Lipinski definition) is 4. The molecule has 2 heterocycles. The highest BCUT2D eigenvalue weighted by atomic mass is 32.1. The highest BCUT2D eigenvalue weighted by Crippen LogP contribution is 2.36. The van der Waals surface area contributed by atoms with Crippen molar-refractivity contribution in [2.24, 2.45) is 0 Å². The van der Waals surface area contributed by atoms with Crippen LogP contribution in [0.5, 0.6) is 0 Å². The van der Waals surface area contributed by atoms with E-state index in [4.69, 9.17) is 4.42 Å². The number of halogens is 2. The summed E-state index contributed by atoms with van der Waals surface area (Å²) < 4.78 is 34.4. The van der Waals surface area contributed by atoms with Crippen LogP contribution in [-0.4, -0.2) is 16.1 Å². The van der Waals surface area contributed by atoms with Gasteiger partial charge in [-0.25, -0.2) is 18.6 Å². The molecule has 3 aromatic rings. The Balaban J connectivity index is 2.04. The minimum absolute atomic E-state index is 0.0775. The summed E-state index contributed by atoms with van der Waals surface area (Å²) in [7, 11) is 0. The zero-order chi connectivity index (χ0) is 16.8. The molecule has 3 rings (SSSR count). The number of carbonyl (C=O) groups is 1. The van der Waals surface area contributed by atoms with E-state index in [1.165, 1.54) is 42.7 Å². The molecule has 1 aromatic carbocycles. The van der Waals surface area contributed by atoms with Crippen molar-refractivity contribution in [1.82, 2.24) is 4.98 Å². The molecule has 0 aliphatic heterocycles. The molecule has 1 N–H and O–H groups in total. The van der Waals surface area contributed by atoms with Crippen LogP contribution in [0.3, 0.4) is 0 Å². The molecular formula is C16H13F2NO3S. The van der Waals surface area contributed by atoms with E-state index in [2.05, 4.69) is 4.98 Å². The summed E-state index contributed by atoms with van der Waals surface area (Å²) in [5.41, 5.74) is -0.0290. The number of fused-ring (bicyclic) bond motifs is 1. The molecule has 0 saturated heterocycles. The summed E-state index contributed by atoms with van der Waals surface area (Å²) in [5, 5.41) is 10.1. The van der Waals surface area contributed by atoms with Crippen LogP contribution in [-0.2, 0) is 12.3 Å². The lowest BCUT2D eigenvalue weighted by Crippen LogP contribution is -2.16. The van der Waals surface area contributed by atoms with Crippen LogP contribution >= 0.6 is 11.3 Å². The maximum absolute atomic E-state index is 14.5. The zero-order valence-corrected chi connectivity index (χ0v) is 13.2. The molecule has 120 valence electrons. The standard InChI is InChI=1S/C16H13F2NO3S/c1-8-14(15(20)21)12-5-10(3-4-13(12)22-8)16(17,18)6-11-7-19-9(2)23-11/h3-5,7H,6H2,1-2H3,(H,20,21). The predicted molar refractivity (Wildman–Crippen MR) is 82.4 cm³/mol. The van der Waals surface area contributed by atoms with Crippen molar-refractivity contribution in [2.45, 2.75) is 26.2 Å². The Morgan fingerprint density at radius 1 is 1.39 bits per heavy atom. The second kappa shape index (κ2) is 5.42. The van der Waals surface area contributed by atoms with Crippen LogP contribution in [0.15, 0.2) is 28.8 Å². The molecule has 0 spiro atoms. The molecule has 0 radical (unpaired) electrons. The van der Waals surface area contributed by atoms with Gasteiger partial charge in [-0.1, -0.05) is 0 Å². The van der Waals surface area contributed by atoms with Gasteiger partial charge >= 0.3 is 5.97 Å². The van der Waals surface area contributed by atoms with Gasteiger partial charge in [-0.15, -0.1) is 11.3 Å². The molecule has 0 saturated carbocycles. The highest BCUT2D eigenvalue weighted by molar-refractivity contribution is 7.11. The van der Waals surface area contributed by atoms with Gasteiger partial charge in [0.15, 0.2) is 0 Å². The number of rotatable bonds is 4. The van der Waals surface area contributed by atoms with E-state index in [0.29, 0.717) is 4.88 Å². The first-order valence-corrected chi connectivity index (χ1v) is 7.65. The highest BCUT2D eigenvalue weighted by Gasteiger charge is 2.33. The maximum Gasteiger partial charge on any atom is 0.339 e. The molecule has 4 nitrogen and oxygen atoms in total. The fourth-order valence-electron chi connectivity index (χ4n) is 2.52. The van der Waals surface area contributed by atoms with Crippen LogP contribution in [0.1, 0.15) is 31.6 Å². The lowest BCUT2D eigenvalue weighted by molar-refractivity contribution is -0.00295. The van der Waals surface area contributed by atoms with Gasteiger partial charge in [0, 0.05) is 22.0 Å². The van der Waals surface area contributed by atoms with Crippen molar-refractivity contribution in [3.63, 3.8) is 0 Å². The summed E-state index contributed by atoms with van der Waals surface area (Å²) in [5.74, 6) is -4.11. The molecule has 2 aromatic heterocycles. The SMILES string of the molecule is Cc1ncc(CC(F)(F)c2ccc3oc(C)c(C(=O)O)c3c2)s1. The monoisotopic (exact) mass is 337 g/mol. The fraction of sp³-hybridized carbons (Fsp3) is 0.250. The number of benzene rings is 1. The summed E-state index contributed by atoms with van der Waals surface area (Å²) in [4.78, 5) is 15.8. The third kappa shape index (κ3) is 2.84. The van der Waals surface area contributed by atoms with Crippen LogP contribution in [0.4, 0.5) is 8.78 Å². The number of carboxylic acids is 1. The molecule has 0 unspecified atom stereocenters. The molecule has 23 heavy (non-hydrogen) atoms. The topological polar surface area (TPSA) is 63.3 Å². The van der Waals surface area contributed by atoms with Crippen LogP contribution in [0.25, 0.3) is 11.0 Å². The Bertz CT molecular complexity index is 898. The zero-order valence-electron chi connectivity index (χ0n) is 12.4. The van der Waals surface area contributed by atoms with Gasteiger partial charge in [0.1, 0.15) is 16.9 Å². The third-order valence-corrected chi connectivity index (χ3v) is 4.48. The average Bonchev–Trinajstić information content (AvgIpc) is 2.99. The maximum atomic E-state index is 14.5. The van der Waals surface area contributed by atoms with E-state index >= 15 is 0 Å². The summed E-state index contributed by atoms with van der Waals surface area (Å²) in [6.45, 7) is 3.26. The molecule has 0 aliphatic rings. The number of aromatic nitrogens is 1. The van der Waals surface area contributed by atoms with E-state index in [1.807, 2.05) is 0 Å². The van der Waals surface area contributed by atoms with Gasteiger partial charge in [-0.2, -0.15) is 0 Å². The largest absolute Gasteiger partial charge is 0.478 e. The normalized spacial score (nSPS) is 12.0. The smallest absolute Gasteiger partial charge is 0.339 e. The van der Waals surface area contributed by atoms with Crippen molar-refractivity contribution < 1.29 is 23.1 Å². The van der Waals surface area contributed by atoms with Gasteiger partial charge in [0.2, 0.25) is 0 Å². The van der Waals surface area contributed by atoms with Crippen LogP contribution < -0.4 is 0 Å². The summed E-state index contributed by atoms with van der Waals surface area (Å²) in [6, 6.07) is 3.85. The Morgan fingerprint density at radius 2 is 2.13 bits per heavy atom. The molecule has 0 aliphatic carbocycles. The number of furan rings is 1. The summed E-state index contributed by atoms with van der Waals surface area (Å²) in [6.07, 6.45) is 0.973. The van der Waals surface area contributed by atoms with Crippen molar-refractivity contribution in [1.29, 1.82) is 0 Å². The van der Waals surface area contributed by atoms with Gasteiger partial charge in [-0.05, 0) is 32.0 Å². The van der Waals surface area contributed by atoms with E-state index in [-0.39, 0.29) is 27.9 Å². The molecular weight excluding hydrogens is 324 g/mol. The predicted octanol–water partition coefficient (Wildman–Crippen LogP) is 4.54. The van der Waals surface area contributed by atoms with E-state index < -0.39 is 18.3 Å². The van der Waals surface area contributed by atoms with E-state index in [1.54, 1.807) is 6.92 Å². The number of thiazole rings is 1. The van der Waals surface area contributed by atoms with Gasteiger partial charge in [0.25, 0.3) is 5.92 Å². The van der Waals surface area contributed by atoms with Gasteiger partial charge in [-0.3, -0.25) is 0 Å². The van der Waals surface area contributed by atoms with Crippen molar-refractivity contribution in [2.75, 3.05) is 0 Å². The minimum atomic E-state index is -3.12. The van der Waals surface area contributed by atoms with Crippen LogP contribution in [0.2, 0.25) is 0 Å². The Morgan fingerprint density at radius 3 is 2.74 bits per heavy atom. The van der Waals surface area contributed by atoms with Crippen molar-refractivity contribution >= 4 is 28.3 Å². The summed E-state index contributed by atoms with van der Waals surface area (Å²) >= 11 is 1.22. The molecule has 0 fully saturated rings. The second-order valence-electron chi connectivity index (χ2n) is 5.28. The first-order chi connectivity index (χ1) is 10.8. The first kappa shape index (κ1) is 15.6. The second-order valence-corrected chi connectivity index (χ2v) is 6.60. The number of alkyl halides is 2. The number of hydrogen-bond donors (Lipinski definition) is 1. The number of nitrogens with zero attached hydrogens (tertiary/aromatic N) is 1. The third-order valence-electron chi connectivity index (χ3n) is 3.57. The Hall–Kier alpha value is -2.28. The Labute approximate surface area is 134 Å². The molecule has 0 atom stereocenters. The van der Waals surface area contributed by atoms with E-state index in [9.17, 15) is 18.7 Å². The number of aryl methyl sites for hydroxylation is 2. The molecule has 0 bridgehead atoms. The average molecular weight is 337 g/mol. The van der Waals surface area contributed by atoms with E-state index in [0.717, 1.165) is 5.01 Å². The number of carboxylic acid groups (broad SMARTS) is 1.